The number of ether oxygens (including phenoxy) is 1. The summed E-state index contributed by atoms with van der Waals surface area (Å²) >= 11 is 1.62. The second kappa shape index (κ2) is 5.20. The minimum Gasteiger partial charge on any atom is -0.480 e. The molecule has 5 nitrogen and oxygen atoms in total. The summed E-state index contributed by atoms with van der Waals surface area (Å²) in [5.74, 6) is 0.525. The lowest BCUT2D eigenvalue weighted by molar-refractivity contribution is 0.383. The molecule has 1 unspecified atom stereocenters. The summed E-state index contributed by atoms with van der Waals surface area (Å²) in [6.07, 6.45) is 3.27. The molecule has 0 aliphatic carbocycles. The molecule has 2 aromatic rings. The molecular weight excluding hydrogens is 236 g/mol. The summed E-state index contributed by atoms with van der Waals surface area (Å²) < 4.78 is 5.22. The van der Waals surface area contributed by atoms with Crippen molar-refractivity contribution in [3.05, 3.63) is 34.2 Å². The Morgan fingerprint density at radius 1 is 1.35 bits per heavy atom. The fourth-order valence-corrected chi connectivity index (χ4v) is 2.27. The highest BCUT2D eigenvalue weighted by Crippen LogP contribution is 2.26. The lowest BCUT2D eigenvalue weighted by atomic mass is 10.1. The Kier molecular flexibility index (Phi) is 3.65. The molecule has 0 saturated heterocycles. The van der Waals surface area contributed by atoms with Gasteiger partial charge in [0.05, 0.1) is 23.9 Å². The molecule has 0 aliphatic rings. The number of aromatic nitrogens is 3. The second-order valence-corrected chi connectivity index (χ2v) is 4.53. The molecule has 0 fully saturated rings. The molecule has 17 heavy (non-hydrogen) atoms. The number of aryl methyl sites for hydroxylation is 1. The number of nitrogens with zero attached hydrogens (tertiary/aromatic N) is 3. The molecule has 2 heterocycles. The second-order valence-electron chi connectivity index (χ2n) is 3.46. The van der Waals surface area contributed by atoms with Gasteiger partial charge in [-0.25, -0.2) is 9.97 Å². The van der Waals surface area contributed by atoms with E-state index in [4.69, 9.17) is 4.74 Å². The predicted octanol–water partition coefficient (Wildman–Crippen LogP) is 1.56. The van der Waals surface area contributed by atoms with Gasteiger partial charge in [0.1, 0.15) is 5.69 Å². The van der Waals surface area contributed by atoms with E-state index in [1.807, 2.05) is 19.4 Å². The van der Waals surface area contributed by atoms with Crippen molar-refractivity contribution in [2.24, 2.45) is 0 Å². The zero-order valence-electron chi connectivity index (χ0n) is 9.97. The first kappa shape index (κ1) is 11.9. The molecule has 2 aromatic heterocycles. The number of hydrogen-bond donors (Lipinski definition) is 1. The van der Waals surface area contributed by atoms with Crippen LogP contribution in [-0.4, -0.2) is 29.1 Å². The minimum absolute atomic E-state index is 0.0939. The summed E-state index contributed by atoms with van der Waals surface area (Å²) in [6, 6.07) is -0.0939. The Morgan fingerprint density at radius 2 is 2.12 bits per heavy atom. The molecule has 0 aliphatic heterocycles. The van der Waals surface area contributed by atoms with Crippen LogP contribution in [0.25, 0.3) is 0 Å². The first-order valence-corrected chi connectivity index (χ1v) is 6.08. The molecule has 1 atom stereocenters. The molecule has 2 rings (SSSR count). The molecule has 0 spiro atoms. The van der Waals surface area contributed by atoms with Gasteiger partial charge in [0, 0.05) is 17.8 Å². The van der Waals surface area contributed by atoms with Gasteiger partial charge in [0.15, 0.2) is 0 Å². The van der Waals surface area contributed by atoms with Crippen molar-refractivity contribution in [2.45, 2.75) is 13.0 Å². The van der Waals surface area contributed by atoms with Crippen molar-refractivity contribution in [3.63, 3.8) is 0 Å². The van der Waals surface area contributed by atoms with Crippen LogP contribution in [0.2, 0.25) is 0 Å². The summed E-state index contributed by atoms with van der Waals surface area (Å²) in [6.45, 7) is 1.98. The Bertz CT molecular complexity index is 500. The van der Waals surface area contributed by atoms with Crippen LogP contribution < -0.4 is 10.1 Å². The van der Waals surface area contributed by atoms with Crippen LogP contribution in [0.4, 0.5) is 0 Å². The maximum absolute atomic E-state index is 5.22. The third kappa shape index (κ3) is 2.42. The van der Waals surface area contributed by atoms with Crippen LogP contribution in [0.15, 0.2) is 17.8 Å². The number of thiazole rings is 1. The van der Waals surface area contributed by atoms with Crippen LogP contribution in [0.5, 0.6) is 5.88 Å². The molecule has 0 bridgehead atoms. The third-order valence-electron chi connectivity index (χ3n) is 2.38. The topological polar surface area (TPSA) is 59.9 Å². The van der Waals surface area contributed by atoms with Crippen molar-refractivity contribution in [2.75, 3.05) is 14.2 Å². The largest absolute Gasteiger partial charge is 0.480 e. The lowest BCUT2D eigenvalue weighted by Gasteiger charge is -2.15. The predicted molar refractivity (Wildman–Crippen MR) is 66.3 cm³/mol. The maximum atomic E-state index is 5.22. The minimum atomic E-state index is -0.0939. The van der Waals surface area contributed by atoms with E-state index in [1.54, 1.807) is 30.8 Å². The lowest BCUT2D eigenvalue weighted by Crippen LogP contribution is -2.20. The molecule has 6 heteroatoms. The van der Waals surface area contributed by atoms with E-state index < -0.39 is 0 Å². The fourth-order valence-electron chi connectivity index (χ4n) is 1.63. The Labute approximate surface area is 104 Å². The molecule has 0 radical (unpaired) electrons. The monoisotopic (exact) mass is 250 g/mol. The average Bonchev–Trinajstić information content (AvgIpc) is 2.77. The highest BCUT2D eigenvalue weighted by Gasteiger charge is 2.20. The van der Waals surface area contributed by atoms with Gasteiger partial charge in [-0.3, -0.25) is 4.98 Å². The standard InChI is InChI=1S/C11H14N4OS/c1-7-15-8(6-17-7)9(12-2)10-11(16-3)14-5-4-13-10/h4-6,9,12H,1-3H3. The van der Waals surface area contributed by atoms with E-state index in [-0.39, 0.29) is 6.04 Å². The van der Waals surface area contributed by atoms with Crippen molar-refractivity contribution < 1.29 is 4.74 Å². The van der Waals surface area contributed by atoms with Crippen LogP contribution in [0.3, 0.4) is 0 Å². The van der Waals surface area contributed by atoms with Crippen molar-refractivity contribution in [1.82, 2.24) is 20.3 Å². The van der Waals surface area contributed by atoms with Gasteiger partial charge >= 0.3 is 0 Å². The first-order valence-electron chi connectivity index (χ1n) is 5.20. The summed E-state index contributed by atoms with van der Waals surface area (Å²) in [5, 5.41) is 6.23. The summed E-state index contributed by atoms with van der Waals surface area (Å²) in [4.78, 5) is 12.9. The van der Waals surface area contributed by atoms with Crippen molar-refractivity contribution in [3.8, 4) is 5.88 Å². The summed E-state index contributed by atoms with van der Waals surface area (Å²) in [7, 11) is 3.46. The maximum Gasteiger partial charge on any atom is 0.237 e. The van der Waals surface area contributed by atoms with Gasteiger partial charge in [-0.1, -0.05) is 0 Å². The number of hydrogen-bond acceptors (Lipinski definition) is 6. The van der Waals surface area contributed by atoms with E-state index >= 15 is 0 Å². The Hall–Kier alpha value is -1.53. The highest BCUT2D eigenvalue weighted by molar-refractivity contribution is 7.09. The van der Waals surface area contributed by atoms with Gasteiger partial charge in [-0.05, 0) is 14.0 Å². The first-order chi connectivity index (χ1) is 8.26. The quantitative estimate of drug-likeness (QED) is 0.892. The van der Waals surface area contributed by atoms with Gasteiger partial charge in [-0.15, -0.1) is 11.3 Å². The highest BCUT2D eigenvalue weighted by atomic mass is 32.1. The van der Waals surface area contributed by atoms with E-state index in [9.17, 15) is 0 Å². The normalized spacial score (nSPS) is 12.4. The Balaban J connectivity index is 2.41. The van der Waals surface area contributed by atoms with Crippen molar-refractivity contribution in [1.29, 1.82) is 0 Å². The van der Waals surface area contributed by atoms with E-state index in [0.717, 1.165) is 16.4 Å². The number of rotatable bonds is 4. The SMILES string of the molecule is CNC(c1csc(C)n1)c1nccnc1OC. The van der Waals surface area contributed by atoms with Crippen LogP contribution in [0.1, 0.15) is 22.4 Å². The molecule has 0 aromatic carbocycles. The van der Waals surface area contributed by atoms with Crippen LogP contribution >= 0.6 is 11.3 Å². The molecule has 1 N–H and O–H groups in total. The van der Waals surface area contributed by atoms with Gasteiger partial charge in [-0.2, -0.15) is 0 Å². The molecule has 90 valence electrons. The number of methoxy groups -OCH3 is 1. The Morgan fingerprint density at radius 3 is 2.71 bits per heavy atom. The zero-order chi connectivity index (χ0) is 12.3. The van der Waals surface area contributed by atoms with Crippen molar-refractivity contribution >= 4 is 11.3 Å². The smallest absolute Gasteiger partial charge is 0.237 e. The number of nitrogens with one attached hydrogen (secondary N) is 1. The van der Waals surface area contributed by atoms with Crippen LogP contribution in [0, 0.1) is 6.92 Å². The zero-order valence-corrected chi connectivity index (χ0v) is 10.8. The molecule has 0 amide bonds. The van der Waals surface area contributed by atoms with Crippen LogP contribution in [-0.2, 0) is 0 Å². The fraction of sp³-hybridized carbons (Fsp3) is 0.364. The summed E-state index contributed by atoms with van der Waals surface area (Å²) in [5.41, 5.74) is 1.69. The average molecular weight is 250 g/mol. The molecule has 0 saturated carbocycles. The van der Waals surface area contributed by atoms with Gasteiger partial charge in [0.25, 0.3) is 0 Å². The van der Waals surface area contributed by atoms with Gasteiger partial charge in [0.2, 0.25) is 5.88 Å². The van der Waals surface area contributed by atoms with E-state index in [0.29, 0.717) is 5.88 Å². The third-order valence-corrected chi connectivity index (χ3v) is 3.17. The van der Waals surface area contributed by atoms with E-state index in [2.05, 4.69) is 20.3 Å². The molecular formula is C11H14N4OS. The van der Waals surface area contributed by atoms with E-state index in [1.165, 1.54) is 0 Å². The van der Waals surface area contributed by atoms with Gasteiger partial charge < -0.3 is 10.1 Å².